The van der Waals surface area contributed by atoms with E-state index in [1.807, 2.05) is 67.3 Å². The Morgan fingerprint density at radius 2 is 1.55 bits per heavy atom. The third-order valence-electron chi connectivity index (χ3n) is 8.27. The number of nitrogens with one attached hydrogen (secondary N) is 1. The fourth-order valence-electron chi connectivity index (χ4n) is 6.06. The topological polar surface area (TPSA) is 70.8 Å². The van der Waals surface area contributed by atoms with Gasteiger partial charge >= 0.3 is 0 Å². The van der Waals surface area contributed by atoms with Crippen LogP contribution in [0.1, 0.15) is 37.0 Å². The first-order valence-electron chi connectivity index (χ1n) is 13.8. The summed E-state index contributed by atoms with van der Waals surface area (Å²) < 4.78 is 27.0. The third-order valence-corrected chi connectivity index (χ3v) is 8.27. The Kier molecular flexibility index (Phi) is 7.11. The van der Waals surface area contributed by atoms with Gasteiger partial charge in [-0.2, -0.15) is 0 Å². The lowest BCUT2D eigenvalue weighted by atomic mass is 9.76. The summed E-state index contributed by atoms with van der Waals surface area (Å²) in [7, 11) is 1.66. The SMILES string of the molecule is CC[C@H]1O[C@@H](N2C=NC3C(NC(c4ccccc4)(c4ccccc4)c4ccc(OC)cc4)=NC=NC32)[C@H](F)[C@@H]1C. The second-order valence-corrected chi connectivity index (χ2v) is 10.5. The molecule has 0 amide bonds. The zero-order valence-corrected chi connectivity index (χ0v) is 22.9. The summed E-state index contributed by atoms with van der Waals surface area (Å²) in [6, 6.07) is 28.2. The molecule has 2 unspecified atom stereocenters. The van der Waals surface area contributed by atoms with Crippen LogP contribution in [0.25, 0.3) is 0 Å². The predicted molar refractivity (Wildman–Crippen MR) is 156 cm³/mol. The molecule has 1 saturated heterocycles. The van der Waals surface area contributed by atoms with E-state index < -0.39 is 30.1 Å². The van der Waals surface area contributed by atoms with E-state index >= 15 is 4.39 Å². The molecule has 0 bridgehead atoms. The van der Waals surface area contributed by atoms with Gasteiger partial charge in [-0.05, 0) is 35.2 Å². The average molecular weight is 540 g/mol. The number of benzene rings is 3. The Labute approximate surface area is 234 Å². The van der Waals surface area contributed by atoms with Crippen molar-refractivity contribution in [1.29, 1.82) is 0 Å². The molecule has 8 heteroatoms. The molecule has 3 aromatic rings. The maximum absolute atomic E-state index is 15.4. The zero-order valence-electron chi connectivity index (χ0n) is 22.9. The lowest BCUT2D eigenvalue weighted by Crippen LogP contribution is -2.56. The summed E-state index contributed by atoms with van der Waals surface area (Å²) in [5, 5.41) is 3.82. The van der Waals surface area contributed by atoms with Gasteiger partial charge in [0.2, 0.25) is 0 Å². The lowest BCUT2D eigenvalue weighted by molar-refractivity contribution is -0.0527. The van der Waals surface area contributed by atoms with E-state index in [2.05, 4.69) is 46.7 Å². The predicted octanol–water partition coefficient (Wildman–Crippen LogP) is 5.16. The van der Waals surface area contributed by atoms with Crippen molar-refractivity contribution in [2.75, 3.05) is 7.11 Å². The smallest absolute Gasteiger partial charge is 0.164 e. The number of ether oxygens (including phenoxy) is 2. The van der Waals surface area contributed by atoms with E-state index in [0.29, 0.717) is 5.84 Å². The average Bonchev–Trinajstić information content (AvgIpc) is 3.57. The summed E-state index contributed by atoms with van der Waals surface area (Å²) in [4.78, 5) is 16.0. The lowest BCUT2D eigenvalue weighted by Gasteiger charge is -2.40. The van der Waals surface area contributed by atoms with Gasteiger partial charge in [0.1, 0.15) is 35.7 Å². The minimum absolute atomic E-state index is 0.134. The van der Waals surface area contributed by atoms with E-state index in [1.165, 1.54) is 0 Å². The summed E-state index contributed by atoms with van der Waals surface area (Å²) in [6.45, 7) is 3.93. The van der Waals surface area contributed by atoms with Crippen LogP contribution in [-0.4, -0.2) is 61.2 Å². The molecule has 7 nitrogen and oxygen atoms in total. The van der Waals surface area contributed by atoms with Crippen LogP contribution in [0.2, 0.25) is 0 Å². The number of aliphatic imine (C=N–C) groups is 3. The van der Waals surface area contributed by atoms with Crippen LogP contribution in [0.5, 0.6) is 5.75 Å². The number of methoxy groups -OCH3 is 1. The van der Waals surface area contributed by atoms with Crippen LogP contribution >= 0.6 is 0 Å². The Hall–Kier alpha value is -4.04. The van der Waals surface area contributed by atoms with Crippen LogP contribution in [0.4, 0.5) is 4.39 Å². The van der Waals surface area contributed by atoms with Crippen molar-refractivity contribution in [1.82, 2.24) is 10.2 Å². The van der Waals surface area contributed by atoms with Crippen molar-refractivity contribution in [2.45, 2.75) is 56.5 Å². The Morgan fingerprint density at radius 1 is 0.925 bits per heavy atom. The van der Waals surface area contributed by atoms with Crippen LogP contribution in [0.3, 0.4) is 0 Å². The van der Waals surface area contributed by atoms with Gasteiger partial charge in [-0.1, -0.05) is 86.6 Å². The van der Waals surface area contributed by atoms with Gasteiger partial charge < -0.3 is 19.7 Å². The van der Waals surface area contributed by atoms with Crippen LogP contribution < -0.4 is 10.1 Å². The van der Waals surface area contributed by atoms with E-state index in [1.54, 1.807) is 19.8 Å². The van der Waals surface area contributed by atoms with E-state index in [-0.39, 0.29) is 12.0 Å². The Bertz CT molecular complexity index is 1360. The molecule has 3 heterocycles. The van der Waals surface area contributed by atoms with Crippen molar-refractivity contribution < 1.29 is 13.9 Å². The van der Waals surface area contributed by atoms with Gasteiger partial charge in [-0.3, -0.25) is 4.99 Å². The fourth-order valence-corrected chi connectivity index (χ4v) is 6.06. The highest BCUT2D eigenvalue weighted by molar-refractivity contribution is 5.98. The molecule has 6 atom stereocenters. The Morgan fingerprint density at radius 3 is 2.12 bits per heavy atom. The van der Waals surface area contributed by atoms with Crippen molar-refractivity contribution in [3.8, 4) is 5.75 Å². The normalized spacial score (nSPS) is 27.4. The molecule has 3 aliphatic rings. The molecule has 3 aromatic carbocycles. The summed E-state index contributed by atoms with van der Waals surface area (Å²) in [5.41, 5.74) is 2.28. The second-order valence-electron chi connectivity index (χ2n) is 10.5. The van der Waals surface area contributed by atoms with Gasteiger partial charge in [0, 0.05) is 5.92 Å². The number of amidine groups is 1. The van der Waals surface area contributed by atoms with Gasteiger partial charge in [-0.15, -0.1) is 0 Å². The number of fused-ring (bicyclic) bond motifs is 1. The molecule has 1 N–H and O–H groups in total. The number of hydrogen-bond donors (Lipinski definition) is 1. The third kappa shape index (κ3) is 4.36. The summed E-state index contributed by atoms with van der Waals surface area (Å²) in [5.74, 6) is 1.23. The minimum atomic E-state index is -1.13. The minimum Gasteiger partial charge on any atom is -0.497 e. The number of halogens is 1. The van der Waals surface area contributed by atoms with E-state index in [4.69, 9.17) is 19.5 Å². The van der Waals surface area contributed by atoms with Crippen LogP contribution in [-0.2, 0) is 10.3 Å². The first kappa shape index (κ1) is 26.2. The molecule has 40 heavy (non-hydrogen) atoms. The maximum Gasteiger partial charge on any atom is 0.164 e. The van der Waals surface area contributed by atoms with Gasteiger partial charge in [0.05, 0.1) is 19.6 Å². The van der Waals surface area contributed by atoms with Crippen LogP contribution in [0.15, 0.2) is 99.9 Å². The van der Waals surface area contributed by atoms with Gasteiger partial charge in [0.25, 0.3) is 0 Å². The number of hydrogen-bond acceptors (Lipinski definition) is 7. The second kappa shape index (κ2) is 10.8. The summed E-state index contributed by atoms with van der Waals surface area (Å²) in [6.07, 6.45) is 1.53. The molecule has 206 valence electrons. The molecule has 0 aromatic heterocycles. The maximum atomic E-state index is 15.4. The van der Waals surface area contributed by atoms with Crippen molar-refractivity contribution in [2.24, 2.45) is 20.9 Å². The van der Waals surface area contributed by atoms with Crippen molar-refractivity contribution in [3.05, 3.63) is 102 Å². The molecule has 1 fully saturated rings. The molecule has 0 radical (unpaired) electrons. The van der Waals surface area contributed by atoms with Gasteiger partial charge in [0.15, 0.2) is 12.4 Å². The highest BCUT2D eigenvalue weighted by Gasteiger charge is 2.50. The quantitative estimate of drug-likeness (QED) is 0.421. The first-order chi connectivity index (χ1) is 19.6. The molecule has 6 rings (SSSR count). The van der Waals surface area contributed by atoms with Crippen molar-refractivity contribution >= 4 is 18.5 Å². The van der Waals surface area contributed by atoms with E-state index in [0.717, 1.165) is 28.9 Å². The molecule has 0 aliphatic carbocycles. The largest absolute Gasteiger partial charge is 0.497 e. The summed E-state index contributed by atoms with van der Waals surface area (Å²) >= 11 is 0. The Balaban J connectivity index is 1.41. The number of rotatable bonds is 7. The zero-order chi connectivity index (χ0) is 27.7. The van der Waals surface area contributed by atoms with E-state index in [9.17, 15) is 0 Å². The number of nitrogens with zero attached hydrogens (tertiary/aromatic N) is 4. The van der Waals surface area contributed by atoms with Crippen LogP contribution in [0, 0.1) is 5.92 Å². The van der Waals surface area contributed by atoms with Gasteiger partial charge in [-0.25, -0.2) is 14.4 Å². The molecule has 0 saturated carbocycles. The highest BCUT2D eigenvalue weighted by Crippen LogP contribution is 2.40. The molecule has 0 spiro atoms. The molecular weight excluding hydrogens is 505 g/mol. The highest BCUT2D eigenvalue weighted by atomic mass is 19.1. The molecule has 3 aliphatic heterocycles. The molecular formula is C32H34FN5O2. The number of alkyl halides is 1. The standard InChI is InChI=1S/C32H34FN5O2/c1-4-26-21(2)27(33)31(40-26)38-20-36-28-29(34-19-35-30(28)38)37-32(22-11-7-5-8-12-22,23-13-9-6-10-14-23)24-15-17-25(39-3)18-16-24/h5-21,26-28,30-31H,4H2,1-3H3,(H,34,35,37)/t21-,26-,27-,28?,30?,31-/m1/s1. The van der Waals surface area contributed by atoms with Crippen molar-refractivity contribution in [3.63, 3.8) is 0 Å². The first-order valence-corrected chi connectivity index (χ1v) is 13.8. The fraction of sp³-hybridized carbons (Fsp3) is 0.344. The monoisotopic (exact) mass is 539 g/mol.